The second kappa shape index (κ2) is 2.89. The van der Waals surface area contributed by atoms with Gasteiger partial charge in [0.15, 0.2) is 0 Å². The van der Waals surface area contributed by atoms with Gasteiger partial charge in [-0.05, 0) is 0 Å². The van der Waals surface area contributed by atoms with Crippen LogP contribution in [0.3, 0.4) is 0 Å². The molecule has 0 spiro atoms. The first-order chi connectivity index (χ1) is 6.52. The molecule has 2 N–H and O–H groups in total. The summed E-state index contributed by atoms with van der Waals surface area (Å²) in [4.78, 5) is 0.0952. The van der Waals surface area contributed by atoms with Crippen LogP contribution in [-0.4, -0.2) is 19.8 Å². The maximum atomic E-state index is 12.3. The van der Waals surface area contributed by atoms with Crippen LogP contribution in [0, 0.1) is 0 Å². The minimum atomic E-state index is -4.54. The van der Waals surface area contributed by atoms with Gasteiger partial charge in [0.25, 0.3) is 5.82 Å². The molecule has 14 heavy (non-hydrogen) atoms. The Hall–Kier alpha value is -1.22. The van der Waals surface area contributed by atoms with Crippen LogP contribution in [-0.2, 0) is 12.7 Å². The molecule has 0 saturated heterocycles. The Bertz CT molecular complexity index is 457. The van der Waals surface area contributed by atoms with Gasteiger partial charge in [0.2, 0.25) is 4.96 Å². The zero-order valence-corrected chi connectivity index (χ0v) is 7.43. The fourth-order valence-electron chi connectivity index (χ4n) is 0.916. The van der Waals surface area contributed by atoms with Gasteiger partial charge in [0.05, 0.1) is 0 Å². The van der Waals surface area contributed by atoms with E-state index >= 15 is 0 Å². The van der Waals surface area contributed by atoms with Crippen molar-refractivity contribution in [1.29, 1.82) is 0 Å². The summed E-state index contributed by atoms with van der Waals surface area (Å²) in [6.07, 6.45) is -4.54. The summed E-state index contributed by atoms with van der Waals surface area (Å²) in [6.45, 7) is 0.0886. The summed E-state index contributed by atoms with van der Waals surface area (Å²) in [5.41, 5.74) is 5.24. The highest BCUT2D eigenvalue weighted by molar-refractivity contribution is 7.16. The highest BCUT2D eigenvalue weighted by Gasteiger charge is 2.38. The van der Waals surface area contributed by atoms with Crippen molar-refractivity contribution < 1.29 is 13.2 Å². The monoisotopic (exact) mass is 223 g/mol. The maximum absolute atomic E-state index is 12.3. The lowest BCUT2D eigenvalue weighted by Gasteiger charge is -1.99. The lowest BCUT2D eigenvalue weighted by atomic mass is 10.6. The van der Waals surface area contributed by atoms with E-state index in [1.807, 2.05) is 0 Å². The Morgan fingerprint density at radius 1 is 1.36 bits per heavy atom. The molecule has 0 atom stereocenters. The van der Waals surface area contributed by atoms with Crippen molar-refractivity contribution in [3.63, 3.8) is 0 Å². The van der Waals surface area contributed by atoms with Gasteiger partial charge >= 0.3 is 6.18 Å². The quantitative estimate of drug-likeness (QED) is 0.771. The third-order valence-electron chi connectivity index (χ3n) is 1.46. The van der Waals surface area contributed by atoms with E-state index in [0.29, 0.717) is 9.52 Å². The van der Waals surface area contributed by atoms with E-state index in [1.54, 1.807) is 0 Å². The van der Waals surface area contributed by atoms with Crippen LogP contribution in [0.15, 0.2) is 0 Å². The first-order valence-corrected chi connectivity index (χ1v) is 4.32. The van der Waals surface area contributed by atoms with Crippen molar-refractivity contribution in [3.8, 4) is 0 Å². The highest BCUT2D eigenvalue weighted by atomic mass is 32.1. The van der Waals surface area contributed by atoms with Gasteiger partial charge in [-0.2, -0.15) is 22.8 Å². The Labute approximate surface area is 79.4 Å². The Balaban J connectivity index is 2.61. The van der Waals surface area contributed by atoms with Crippen molar-refractivity contribution in [3.05, 3.63) is 10.8 Å². The number of rotatable bonds is 1. The van der Waals surface area contributed by atoms with Crippen molar-refractivity contribution in [2.75, 3.05) is 0 Å². The molecular formula is C5H4F3N5S. The molecule has 2 aromatic heterocycles. The zero-order valence-electron chi connectivity index (χ0n) is 6.62. The maximum Gasteiger partial charge on any atom is 0.453 e. The lowest BCUT2D eigenvalue weighted by Crippen LogP contribution is -2.11. The molecule has 9 heteroatoms. The summed E-state index contributed by atoms with van der Waals surface area (Å²) in [5.74, 6) is -1.12. The predicted octanol–water partition coefficient (Wildman–Crippen LogP) is 0.663. The van der Waals surface area contributed by atoms with Gasteiger partial charge < -0.3 is 5.73 Å². The molecule has 0 radical (unpaired) electrons. The molecule has 0 amide bonds. The van der Waals surface area contributed by atoms with Gasteiger partial charge in [-0.15, -0.1) is 10.2 Å². The Kier molecular flexibility index (Phi) is 1.93. The first-order valence-electron chi connectivity index (χ1n) is 3.51. The van der Waals surface area contributed by atoms with Gasteiger partial charge in [-0.25, -0.2) is 0 Å². The van der Waals surface area contributed by atoms with Crippen molar-refractivity contribution in [2.45, 2.75) is 12.7 Å². The second-order valence-electron chi connectivity index (χ2n) is 2.42. The average Bonchev–Trinajstić information content (AvgIpc) is 2.57. The predicted molar refractivity (Wildman–Crippen MR) is 41.6 cm³/mol. The highest BCUT2D eigenvalue weighted by Crippen LogP contribution is 2.28. The molecule has 0 aliphatic carbocycles. The summed E-state index contributed by atoms with van der Waals surface area (Å²) in [7, 11) is 0. The van der Waals surface area contributed by atoms with E-state index in [1.165, 1.54) is 0 Å². The number of hydrogen-bond donors (Lipinski definition) is 1. The average molecular weight is 223 g/mol. The van der Waals surface area contributed by atoms with Crippen LogP contribution < -0.4 is 5.73 Å². The third kappa shape index (κ3) is 1.34. The number of hydrogen-bond acceptors (Lipinski definition) is 5. The minimum Gasteiger partial charge on any atom is -0.324 e. The molecule has 5 nitrogen and oxygen atoms in total. The van der Waals surface area contributed by atoms with Gasteiger partial charge in [0, 0.05) is 6.54 Å². The summed E-state index contributed by atoms with van der Waals surface area (Å²) in [5, 5.41) is 10.4. The van der Waals surface area contributed by atoms with Gasteiger partial charge in [0.1, 0.15) is 5.01 Å². The molecule has 0 unspecified atom stereocenters. The standard InChI is InChI=1S/C5H4F3N5S/c6-5(7,8)3-10-11-4-13(3)12-2(1-9)14-4/h1,9H2. The van der Waals surface area contributed by atoms with Crippen LogP contribution in [0.4, 0.5) is 13.2 Å². The normalized spacial score (nSPS) is 12.6. The van der Waals surface area contributed by atoms with Crippen LogP contribution >= 0.6 is 11.3 Å². The fourth-order valence-corrected chi connectivity index (χ4v) is 1.63. The molecule has 2 rings (SSSR count). The second-order valence-corrected chi connectivity index (χ2v) is 3.46. The summed E-state index contributed by atoms with van der Waals surface area (Å²) < 4.78 is 37.5. The van der Waals surface area contributed by atoms with Crippen LogP contribution in [0.5, 0.6) is 0 Å². The molecule has 0 fully saturated rings. The fraction of sp³-hybridized carbons (Fsp3) is 0.400. The lowest BCUT2D eigenvalue weighted by molar-refractivity contribution is -0.146. The molecule has 0 bridgehead atoms. The molecule has 0 saturated carbocycles. The summed E-state index contributed by atoms with van der Waals surface area (Å²) in [6, 6.07) is 0. The van der Waals surface area contributed by atoms with Crippen molar-refractivity contribution in [2.24, 2.45) is 5.73 Å². The van der Waals surface area contributed by atoms with E-state index in [0.717, 1.165) is 11.3 Å². The number of fused-ring (bicyclic) bond motifs is 1. The molecule has 0 aliphatic rings. The van der Waals surface area contributed by atoms with E-state index < -0.39 is 12.0 Å². The first kappa shape index (κ1) is 9.34. The molecular weight excluding hydrogens is 219 g/mol. The topological polar surface area (TPSA) is 69.1 Å². The van der Waals surface area contributed by atoms with Crippen molar-refractivity contribution in [1.82, 2.24) is 19.8 Å². The van der Waals surface area contributed by atoms with E-state index in [4.69, 9.17) is 5.73 Å². The number of alkyl halides is 3. The number of halogens is 3. The number of nitrogens with two attached hydrogens (primary N) is 1. The molecule has 76 valence electrons. The van der Waals surface area contributed by atoms with Crippen LogP contribution in [0.25, 0.3) is 4.96 Å². The zero-order chi connectivity index (χ0) is 10.3. The third-order valence-corrected chi connectivity index (χ3v) is 2.38. The Morgan fingerprint density at radius 3 is 2.64 bits per heavy atom. The van der Waals surface area contributed by atoms with E-state index in [9.17, 15) is 13.2 Å². The molecule has 0 aliphatic heterocycles. The number of nitrogens with zero attached hydrogens (tertiary/aromatic N) is 4. The SMILES string of the molecule is NCc1nn2c(C(F)(F)F)nnc2s1. The van der Waals surface area contributed by atoms with E-state index in [-0.39, 0.29) is 11.5 Å². The van der Waals surface area contributed by atoms with Gasteiger partial charge in [-0.3, -0.25) is 0 Å². The van der Waals surface area contributed by atoms with Gasteiger partial charge in [-0.1, -0.05) is 11.3 Å². The Morgan fingerprint density at radius 2 is 2.07 bits per heavy atom. The van der Waals surface area contributed by atoms with Crippen LogP contribution in [0.1, 0.15) is 10.8 Å². The molecule has 2 aromatic rings. The minimum absolute atomic E-state index is 0.0886. The molecule has 2 heterocycles. The van der Waals surface area contributed by atoms with Crippen LogP contribution in [0.2, 0.25) is 0 Å². The molecule has 0 aromatic carbocycles. The number of aromatic nitrogens is 4. The van der Waals surface area contributed by atoms with E-state index in [2.05, 4.69) is 15.3 Å². The summed E-state index contributed by atoms with van der Waals surface area (Å²) >= 11 is 0.987. The van der Waals surface area contributed by atoms with Crippen molar-refractivity contribution >= 4 is 16.3 Å². The smallest absolute Gasteiger partial charge is 0.324 e. The largest absolute Gasteiger partial charge is 0.453 e.